The van der Waals surface area contributed by atoms with Gasteiger partial charge in [0.15, 0.2) is 0 Å². The Bertz CT molecular complexity index is 1040. The van der Waals surface area contributed by atoms with Crippen molar-refractivity contribution in [1.29, 1.82) is 0 Å². The summed E-state index contributed by atoms with van der Waals surface area (Å²) in [6, 6.07) is 12.5. The van der Waals surface area contributed by atoms with E-state index in [0.29, 0.717) is 22.9 Å². The molecule has 10 heteroatoms. The van der Waals surface area contributed by atoms with Crippen molar-refractivity contribution in [3.63, 3.8) is 0 Å². The van der Waals surface area contributed by atoms with Crippen LogP contribution in [-0.2, 0) is 0 Å². The number of hydrogen-bond acceptors (Lipinski definition) is 9. The Kier molecular flexibility index (Phi) is 5.63. The molecule has 0 bridgehead atoms. The molecule has 0 aliphatic rings. The van der Waals surface area contributed by atoms with Crippen LogP contribution in [0, 0.1) is 17.0 Å². The molecule has 1 heterocycles. The first-order valence-electron chi connectivity index (χ1n) is 8.56. The highest BCUT2D eigenvalue weighted by molar-refractivity contribution is 5.77. The summed E-state index contributed by atoms with van der Waals surface area (Å²) in [6.45, 7) is 1.97. The Morgan fingerprint density at radius 3 is 2.38 bits per heavy atom. The third kappa shape index (κ3) is 4.43. The maximum Gasteiger partial charge on any atom is 0.353 e. The Balaban J connectivity index is 2.03. The van der Waals surface area contributed by atoms with E-state index in [0.717, 1.165) is 5.56 Å². The van der Waals surface area contributed by atoms with Gasteiger partial charge >= 0.3 is 5.69 Å². The molecule has 10 nitrogen and oxygen atoms in total. The largest absolute Gasteiger partial charge is 0.497 e. The number of benzene rings is 2. The van der Waals surface area contributed by atoms with E-state index in [1.165, 1.54) is 14.2 Å². The third-order valence-corrected chi connectivity index (χ3v) is 4.06. The molecule has 0 amide bonds. The first-order chi connectivity index (χ1) is 13.9. The molecule has 4 N–H and O–H groups in total. The average molecular weight is 396 g/mol. The van der Waals surface area contributed by atoms with Crippen molar-refractivity contribution in [2.75, 3.05) is 30.6 Å². The standard InChI is InChI=1S/C19H20N6O4/c1-11-4-6-12(7-5-11)21-19-23-17(20)16(25(26)27)18(24-19)22-14-10-13(28-2)8-9-15(14)29-3/h4-10H,1-3H3,(H4,20,21,22,23,24). The zero-order chi connectivity index (χ0) is 21.0. The zero-order valence-electron chi connectivity index (χ0n) is 16.1. The second-order valence-electron chi connectivity index (χ2n) is 6.07. The number of methoxy groups -OCH3 is 2. The normalized spacial score (nSPS) is 10.3. The molecule has 2 aromatic carbocycles. The summed E-state index contributed by atoms with van der Waals surface area (Å²) in [6.07, 6.45) is 0. The molecular weight excluding hydrogens is 376 g/mol. The van der Waals surface area contributed by atoms with Gasteiger partial charge in [0.1, 0.15) is 11.5 Å². The number of hydrogen-bond donors (Lipinski definition) is 3. The lowest BCUT2D eigenvalue weighted by Gasteiger charge is -2.14. The van der Waals surface area contributed by atoms with E-state index in [-0.39, 0.29) is 17.6 Å². The summed E-state index contributed by atoms with van der Waals surface area (Å²) >= 11 is 0. The highest BCUT2D eigenvalue weighted by Gasteiger charge is 2.24. The first kappa shape index (κ1) is 19.7. The highest BCUT2D eigenvalue weighted by Crippen LogP contribution is 2.36. The summed E-state index contributed by atoms with van der Waals surface area (Å²) in [5, 5.41) is 17.4. The molecule has 3 aromatic rings. The fourth-order valence-corrected chi connectivity index (χ4v) is 2.60. The number of nitrogens with one attached hydrogen (secondary N) is 2. The highest BCUT2D eigenvalue weighted by atomic mass is 16.6. The predicted octanol–water partition coefficient (Wildman–Crippen LogP) is 3.78. The molecule has 0 aliphatic heterocycles. The summed E-state index contributed by atoms with van der Waals surface area (Å²) in [5.74, 6) is 0.746. The van der Waals surface area contributed by atoms with Gasteiger partial charge in [0.2, 0.25) is 17.6 Å². The van der Waals surface area contributed by atoms with Crippen LogP contribution in [0.15, 0.2) is 42.5 Å². The molecule has 0 unspecified atom stereocenters. The van der Waals surface area contributed by atoms with Gasteiger partial charge in [-0.15, -0.1) is 0 Å². The summed E-state index contributed by atoms with van der Waals surface area (Å²) in [7, 11) is 3.00. The molecule has 0 aliphatic carbocycles. The van der Waals surface area contributed by atoms with Gasteiger partial charge in [-0.2, -0.15) is 9.97 Å². The molecule has 0 saturated heterocycles. The van der Waals surface area contributed by atoms with Crippen molar-refractivity contribution >= 4 is 34.6 Å². The van der Waals surface area contributed by atoms with Crippen molar-refractivity contribution in [3.05, 3.63) is 58.1 Å². The SMILES string of the molecule is COc1ccc(OC)c(Nc2nc(Nc3ccc(C)cc3)nc(N)c2[N+](=O)[O-])c1. The Morgan fingerprint density at radius 2 is 1.76 bits per heavy atom. The Hall–Kier alpha value is -4.08. The monoisotopic (exact) mass is 396 g/mol. The van der Waals surface area contributed by atoms with Gasteiger partial charge in [-0.1, -0.05) is 17.7 Å². The molecule has 0 atom stereocenters. The Labute approximate surface area is 166 Å². The van der Waals surface area contributed by atoms with Crippen LogP contribution < -0.4 is 25.8 Å². The lowest BCUT2D eigenvalue weighted by molar-refractivity contribution is -0.383. The quantitative estimate of drug-likeness (QED) is 0.402. The van der Waals surface area contributed by atoms with Gasteiger partial charge in [-0.3, -0.25) is 10.1 Å². The number of ether oxygens (including phenoxy) is 2. The van der Waals surface area contributed by atoms with E-state index in [1.807, 2.05) is 31.2 Å². The van der Waals surface area contributed by atoms with E-state index in [9.17, 15) is 10.1 Å². The number of aryl methyl sites for hydroxylation is 1. The minimum absolute atomic E-state index is 0.0799. The second kappa shape index (κ2) is 8.30. The van der Waals surface area contributed by atoms with Crippen molar-refractivity contribution in [1.82, 2.24) is 9.97 Å². The number of aromatic nitrogens is 2. The van der Waals surface area contributed by atoms with Gasteiger partial charge in [-0.25, -0.2) is 0 Å². The van der Waals surface area contributed by atoms with Crippen LogP contribution in [0.2, 0.25) is 0 Å². The third-order valence-electron chi connectivity index (χ3n) is 4.06. The predicted molar refractivity (Wildman–Crippen MR) is 110 cm³/mol. The second-order valence-corrected chi connectivity index (χ2v) is 6.07. The topological polar surface area (TPSA) is 137 Å². The molecular formula is C19H20N6O4. The van der Waals surface area contributed by atoms with Gasteiger partial charge in [-0.05, 0) is 31.2 Å². The van der Waals surface area contributed by atoms with Gasteiger partial charge < -0.3 is 25.8 Å². The number of nitrogens with two attached hydrogens (primary N) is 1. The van der Waals surface area contributed by atoms with Gasteiger partial charge in [0.05, 0.1) is 24.8 Å². The minimum atomic E-state index is -0.639. The zero-order valence-corrected chi connectivity index (χ0v) is 16.1. The van der Waals surface area contributed by atoms with Gasteiger partial charge in [0.25, 0.3) is 0 Å². The fourth-order valence-electron chi connectivity index (χ4n) is 2.60. The fraction of sp³-hybridized carbons (Fsp3) is 0.158. The number of nitrogen functional groups attached to an aromatic ring is 1. The number of rotatable bonds is 7. The molecule has 150 valence electrons. The minimum Gasteiger partial charge on any atom is -0.497 e. The smallest absolute Gasteiger partial charge is 0.353 e. The summed E-state index contributed by atoms with van der Waals surface area (Å²) in [5.41, 5.74) is 7.64. The van der Waals surface area contributed by atoms with E-state index >= 15 is 0 Å². The molecule has 0 fully saturated rings. The van der Waals surface area contributed by atoms with E-state index in [2.05, 4.69) is 20.6 Å². The van der Waals surface area contributed by atoms with Crippen molar-refractivity contribution in [2.24, 2.45) is 0 Å². The Morgan fingerprint density at radius 1 is 1.03 bits per heavy atom. The molecule has 0 radical (unpaired) electrons. The molecule has 3 rings (SSSR count). The summed E-state index contributed by atoms with van der Waals surface area (Å²) < 4.78 is 10.5. The molecule has 29 heavy (non-hydrogen) atoms. The average Bonchev–Trinajstić information content (AvgIpc) is 2.69. The van der Waals surface area contributed by atoms with Crippen LogP contribution in [0.25, 0.3) is 0 Å². The van der Waals surface area contributed by atoms with E-state index < -0.39 is 10.6 Å². The van der Waals surface area contributed by atoms with E-state index in [4.69, 9.17) is 15.2 Å². The number of nitro groups is 1. The molecule has 0 saturated carbocycles. The van der Waals surface area contributed by atoms with Crippen molar-refractivity contribution in [3.8, 4) is 11.5 Å². The van der Waals surface area contributed by atoms with Crippen LogP contribution in [0.3, 0.4) is 0 Å². The van der Waals surface area contributed by atoms with Crippen molar-refractivity contribution < 1.29 is 14.4 Å². The first-order valence-corrected chi connectivity index (χ1v) is 8.56. The number of nitrogens with zero attached hydrogens (tertiary/aromatic N) is 3. The maximum atomic E-state index is 11.5. The molecule has 1 aromatic heterocycles. The lowest BCUT2D eigenvalue weighted by Crippen LogP contribution is -2.09. The maximum absolute atomic E-state index is 11.5. The van der Waals surface area contributed by atoms with Gasteiger partial charge in [0, 0.05) is 11.8 Å². The van der Waals surface area contributed by atoms with Crippen LogP contribution in [-0.4, -0.2) is 29.1 Å². The molecule has 0 spiro atoms. The van der Waals surface area contributed by atoms with Crippen LogP contribution in [0.5, 0.6) is 11.5 Å². The van der Waals surface area contributed by atoms with Crippen molar-refractivity contribution in [2.45, 2.75) is 6.92 Å². The summed E-state index contributed by atoms with van der Waals surface area (Å²) in [4.78, 5) is 19.2. The van der Waals surface area contributed by atoms with E-state index in [1.54, 1.807) is 18.2 Å². The number of anilines is 5. The van der Waals surface area contributed by atoms with Crippen LogP contribution >= 0.6 is 0 Å². The lowest BCUT2D eigenvalue weighted by atomic mass is 10.2. The van der Waals surface area contributed by atoms with Crippen LogP contribution in [0.4, 0.5) is 34.6 Å². The van der Waals surface area contributed by atoms with Crippen LogP contribution in [0.1, 0.15) is 5.56 Å².